The van der Waals surface area contributed by atoms with Gasteiger partial charge in [-0.3, -0.25) is 0 Å². The number of nitrogens with two attached hydrogens (primary N) is 2. The van der Waals surface area contributed by atoms with Crippen LogP contribution in [0.2, 0.25) is 0 Å². The zero-order valence-electron chi connectivity index (χ0n) is 17.0. The Kier molecular flexibility index (Phi) is 4.83. The van der Waals surface area contributed by atoms with Crippen molar-refractivity contribution in [3.63, 3.8) is 0 Å². The van der Waals surface area contributed by atoms with Gasteiger partial charge in [0, 0.05) is 31.6 Å². The Morgan fingerprint density at radius 1 is 1.29 bits per heavy atom. The summed E-state index contributed by atoms with van der Waals surface area (Å²) in [6.45, 7) is 2.90. The van der Waals surface area contributed by atoms with Gasteiger partial charge in [-0.25, -0.2) is 19.9 Å². The molecule has 31 heavy (non-hydrogen) atoms. The second-order valence-electron chi connectivity index (χ2n) is 8.18. The average molecular weight is 451 g/mol. The third-order valence-corrected chi connectivity index (χ3v) is 7.39. The monoisotopic (exact) mass is 450 g/mol. The highest BCUT2D eigenvalue weighted by Crippen LogP contribution is 2.43. The van der Waals surface area contributed by atoms with Crippen molar-refractivity contribution in [1.29, 1.82) is 0 Å². The van der Waals surface area contributed by atoms with Crippen LogP contribution in [0, 0.1) is 5.41 Å². The first-order valence-corrected chi connectivity index (χ1v) is 10.9. The molecule has 4 aliphatic rings. The number of allylic oxidation sites excluding steroid dienone is 2. The van der Waals surface area contributed by atoms with Gasteiger partial charge in [-0.1, -0.05) is 6.08 Å². The van der Waals surface area contributed by atoms with E-state index < -0.39 is 6.17 Å². The molecule has 0 bridgehead atoms. The SMILES string of the molecule is CN1N=C2C=CC=C(Sc3ncc(N4CCC5(CC4)COC[C@H]5N)nc3N)N2C1(F)F. The molecular formula is C19H24F2N8OS. The lowest BCUT2D eigenvalue weighted by Crippen LogP contribution is -2.49. The van der Waals surface area contributed by atoms with E-state index in [4.69, 9.17) is 16.2 Å². The minimum absolute atomic E-state index is 0.0413. The number of aromatic nitrogens is 2. The molecule has 4 N–H and O–H groups in total. The lowest BCUT2D eigenvalue weighted by molar-refractivity contribution is -0.187. The molecule has 5 rings (SSSR count). The number of alkyl halides is 2. The van der Waals surface area contributed by atoms with Crippen LogP contribution in [0.1, 0.15) is 12.8 Å². The number of halogens is 2. The number of piperidine rings is 1. The Hall–Kier alpha value is -2.44. The number of anilines is 2. The molecule has 9 nitrogen and oxygen atoms in total. The summed E-state index contributed by atoms with van der Waals surface area (Å²) in [6.07, 6.45) is 5.01. The molecule has 1 aromatic heterocycles. The highest BCUT2D eigenvalue weighted by molar-refractivity contribution is 8.03. The van der Waals surface area contributed by atoms with Crippen LogP contribution in [0.15, 0.2) is 39.6 Å². The van der Waals surface area contributed by atoms with Gasteiger partial charge in [0.25, 0.3) is 0 Å². The van der Waals surface area contributed by atoms with Crippen LogP contribution in [0.3, 0.4) is 0 Å². The van der Waals surface area contributed by atoms with Crippen LogP contribution in [0.4, 0.5) is 20.4 Å². The topological polar surface area (TPSA) is 109 Å². The fourth-order valence-electron chi connectivity index (χ4n) is 4.35. The summed E-state index contributed by atoms with van der Waals surface area (Å²) in [4.78, 5) is 11.9. The van der Waals surface area contributed by atoms with Crippen LogP contribution in [-0.4, -0.2) is 71.3 Å². The molecule has 0 amide bonds. The summed E-state index contributed by atoms with van der Waals surface area (Å²) in [6, 6.07) is 0.0681. The van der Waals surface area contributed by atoms with Crippen molar-refractivity contribution in [3.8, 4) is 0 Å². The molecule has 0 aliphatic carbocycles. The predicted molar refractivity (Wildman–Crippen MR) is 114 cm³/mol. The first-order chi connectivity index (χ1) is 14.8. The standard InChI is InChI=1S/C19H24F2N8OS/c1-27-19(20,21)29-13(26-27)3-2-4-15(29)31-17-16(23)25-14(9-24-17)28-7-5-18(6-8-28)11-30-10-12(18)22/h2-4,9,12H,5-8,10-11,22H2,1H3,(H2,23,25)/t12-/m1/s1. The third kappa shape index (κ3) is 3.33. The lowest BCUT2D eigenvalue weighted by atomic mass is 9.75. The number of thioether (sulfide) groups is 1. The van der Waals surface area contributed by atoms with Crippen LogP contribution < -0.4 is 16.4 Å². The Labute approximate surface area is 182 Å². The summed E-state index contributed by atoms with van der Waals surface area (Å²) in [5.41, 5.74) is 12.5. The maximum Gasteiger partial charge on any atom is 0.434 e. The summed E-state index contributed by atoms with van der Waals surface area (Å²) < 4.78 is 34.7. The number of fused-ring (bicyclic) bond motifs is 1. The maximum atomic E-state index is 14.5. The smallest absolute Gasteiger partial charge is 0.381 e. The lowest BCUT2D eigenvalue weighted by Gasteiger charge is -2.41. The van der Waals surface area contributed by atoms with Gasteiger partial charge < -0.3 is 21.1 Å². The second-order valence-corrected chi connectivity index (χ2v) is 9.19. The zero-order valence-corrected chi connectivity index (χ0v) is 17.9. The van der Waals surface area contributed by atoms with Gasteiger partial charge in [0.2, 0.25) is 0 Å². The third-order valence-electron chi connectivity index (χ3n) is 6.35. The van der Waals surface area contributed by atoms with E-state index >= 15 is 0 Å². The number of nitrogen functional groups attached to an aromatic ring is 1. The molecule has 166 valence electrons. The van der Waals surface area contributed by atoms with Crippen LogP contribution >= 0.6 is 11.8 Å². The highest BCUT2D eigenvalue weighted by Gasteiger charge is 2.51. The van der Waals surface area contributed by atoms with Gasteiger partial charge in [0.1, 0.15) is 10.8 Å². The molecule has 1 spiro atoms. The zero-order chi connectivity index (χ0) is 21.8. The predicted octanol–water partition coefficient (Wildman–Crippen LogP) is 1.62. The van der Waals surface area contributed by atoms with Crippen molar-refractivity contribution in [2.24, 2.45) is 16.3 Å². The van der Waals surface area contributed by atoms with Crippen molar-refractivity contribution in [2.75, 3.05) is 44.0 Å². The van der Waals surface area contributed by atoms with Gasteiger partial charge in [-0.15, -0.1) is 0 Å². The first-order valence-electron chi connectivity index (χ1n) is 10.1. The maximum absolute atomic E-state index is 14.5. The minimum atomic E-state index is -3.27. The fraction of sp³-hybridized carbons (Fsp3) is 0.526. The molecule has 5 heterocycles. The van der Waals surface area contributed by atoms with Crippen molar-refractivity contribution < 1.29 is 13.5 Å². The average Bonchev–Trinajstić information content (AvgIpc) is 3.21. The Morgan fingerprint density at radius 2 is 2.06 bits per heavy atom. The summed E-state index contributed by atoms with van der Waals surface area (Å²) in [5.74, 6) is 1.04. The summed E-state index contributed by atoms with van der Waals surface area (Å²) in [5, 5.41) is 5.16. The molecule has 0 radical (unpaired) electrons. The minimum Gasteiger partial charge on any atom is -0.381 e. The fourth-order valence-corrected chi connectivity index (χ4v) is 5.24. The van der Waals surface area contributed by atoms with E-state index in [9.17, 15) is 8.78 Å². The van der Waals surface area contributed by atoms with Crippen molar-refractivity contribution in [3.05, 3.63) is 29.5 Å². The van der Waals surface area contributed by atoms with Gasteiger partial charge in [-0.05, 0) is 36.8 Å². The van der Waals surface area contributed by atoms with E-state index in [1.807, 2.05) is 0 Å². The quantitative estimate of drug-likeness (QED) is 0.664. The molecule has 2 saturated heterocycles. The molecule has 4 aliphatic heterocycles. The summed E-state index contributed by atoms with van der Waals surface area (Å²) in [7, 11) is 1.23. The molecule has 2 fully saturated rings. The number of hydrogen-bond donors (Lipinski definition) is 2. The van der Waals surface area contributed by atoms with E-state index in [0.29, 0.717) is 29.1 Å². The number of nitrogens with zero attached hydrogens (tertiary/aromatic N) is 6. The van der Waals surface area contributed by atoms with Crippen LogP contribution in [0.25, 0.3) is 0 Å². The molecule has 0 saturated carbocycles. The molecule has 12 heteroatoms. The van der Waals surface area contributed by atoms with Gasteiger partial charge >= 0.3 is 6.17 Å². The Balaban J connectivity index is 1.30. The molecule has 0 unspecified atom stereocenters. The molecule has 1 aromatic rings. The Morgan fingerprint density at radius 3 is 2.74 bits per heavy atom. The van der Waals surface area contributed by atoms with E-state index in [2.05, 4.69) is 20.0 Å². The van der Waals surface area contributed by atoms with Crippen molar-refractivity contribution in [1.82, 2.24) is 19.9 Å². The second kappa shape index (κ2) is 7.31. The molecular weight excluding hydrogens is 426 g/mol. The normalized spacial score (nSPS) is 26.3. The number of rotatable bonds is 3. The van der Waals surface area contributed by atoms with Crippen molar-refractivity contribution >= 4 is 29.2 Å². The van der Waals surface area contributed by atoms with Gasteiger partial charge in [-0.2, -0.15) is 13.9 Å². The van der Waals surface area contributed by atoms with E-state index in [0.717, 1.165) is 42.6 Å². The highest BCUT2D eigenvalue weighted by atomic mass is 32.2. The first kappa shape index (κ1) is 20.5. The van der Waals surface area contributed by atoms with Crippen LogP contribution in [-0.2, 0) is 4.74 Å². The van der Waals surface area contributed by atoms with E-state index in [1.165, 1.54) is 13.1 Å². The van der Waals surface area contributed by atoms with Crippen LogP contribution in [0.5, 0.6) is 0 Å². The number of hydrazone groups is 1. The van der Waals surface area contributed by atoms with E-state index in [1.54, 1.807) is 18.3 Å². The van der Waals surface area contributed by atoms with Gasteiger partial charge in [0.05, 0.1) is 24.4 Å². The van der Waals surface area contributed by atoms with Gasteiger partial charge in [0.15, 0.2) is 11.7 Å². The Bertz CT molecular complexity index is 976. The summed E-state index contributed by atoms with van der Waals surface area (Å²) >= 11 is 1.04. The molecule has 0 aromatic carbocycles. The van der Waals surface area contributed by atoms with Crippen molar-refractivity contribution in [2.45, 2.75) is 30.1 Å². The largest absolute Gasteiger partial charge is 0.434 e. The number of ether oxygens (including phenoxy) is 1. The van der Waals surface area contributed by atoms with E-state index in [-0.39, 0.29) is 28.1 Å². The molecule has 1 atom stereocenters. The number of amidine groups is 1. The number of hydrogen-bond acceptors (Lipinski definition) is 10.